The summed E-state index contributed by atoms with van der Waals surface area (Å²) in [4.78, 5) is 0. The molecule has 2 aromatic carbocycles. The molecule has 0 unspecified atom stereocenters. The van der Waals surface area contributed by atoms with E-state index in [0.29, 0.717) is 18.7 Å². The molecule has 0 aliphatic rings. The molecule has 0 heterocycles. The molecule has 108 valence electrons. The van der Waals surface area contributed by atoms with E-state index < -0.39 is 5.82 Å². The molecule has 0 aromatic heterocycles. The summed E-state index contributed by atoms with van der Waals surface area (Å²) in [5, 5.41) is 12.0. The average Bonchev–Trinajstić information content (AvgIpc) is 2.51. The van der Waals surface area contributed by atoms with E-state index >= 15 is 0 Å². The topological polar surface area (TPSA) is 45.0 Å². The Bertz CT molecular complexity index is 632. The van der Waals surface area contributed by atoms with Crippen LogP contribution in [0.4, 0.5) is 10.1 Å². The standard InChI is InChI=1S/C17H17FN2O/c1-2-7-21-17-5-3-16(4-6-17)20-12-14-8-13(11-19)9-15(18)10-14/h3-6,8-10,20H,2,7,12H2,1H3. The second-order valence-electron chi connectivity index (χ2n) is 4.69. The van der Waals surface area contributed by atoms with Crippen molar-refractivity contribution in [1.29, 1.82) is 5.26 Å². The Morgan fingerprint density at radius 2 is 1.95 bits per heavy atom. The highest BCUT2D eigenvalue weighted by Crippen LogP contribution is 2.17. The van der Waals surface area contributed by atoms with E-state index in [1.54, 1.807) is 6.07 Å². The normalized spacial score (nSPS) is 9.95. The molecule has 0 atom stereocenters. The van der Waals surface area contributed by atoms with Crippen molar-refractivity contribution >= 4 is 5.69 Å². The quantitative estimate of drug-likeness (QED) is 0.868. The zero-order chi connectivity index (χ0) is 15.1. The lowest BCUT2D eigenvalue weighted by Crippen LogP contribution is -2.01. The molecule has 1 N–H and O–H groups in total. The fourth-order valence-electron chi connectivity index (χ4n) is 1.91. The molecule has 2 aromatic rings. The Kier molecular flexibility index (Phi) is 5.16. The summed E-state index contributed by atoms with van der Waals surface area (Å²) >= 11 is 0. The van der Waals surface area contributed by atoms with E-state index in [-0.39, 0.29) is 0 Å². The summed E-state index contributed by atoms with van der Waals surface area (Å²) in [7, 11) is 0. The van der Waals surface area contributed by atoms with Crippen LogP contribution in [-0.4, -0.2) is 6.61 Å². The summed E-state index contributed by atoms with van der Waals surface area (Å²) in [6.07, 6.45) is 0.973. The summed E-state index contributed by atoms with van der Waals surface area (Å²) < 4.78 is 18.8. The maximum absolute atomic E-state index is 13.3. The number of nitrogens with one attached hydrogen (secondary N) is 1. The monoisotopic (exact) mass is 284 g/mol. The third-order valence-corrected chi connectivity index (χ3v) is 2.91. The van der Waals surface area contributed by atoms with Gasteiger partial charge in [-0.1, -0.05) is 6.92 Å². The van der Waals surface area contributed by atoms with E-state index in [2.05, 4.69) is 12.2 Å². The lowest BCUT2D eigenvalue weighted by molar-refractivity contribution is 0.317. The predicted molar refractivity (Wildman–Crippen MR) is 80.7 cm³/mol. The number of ether oxygens (including phenoxy) is 1. The van der Waals surface area contributed by atoms with Gasteiger partial charge in [-0.3, -0.25) is 0 Å². The first-order chi connectivity index (χ1) is 10.2. The first kappa shape index (κ1) is 14.9. The Morgan fingerprint density at radius 3 is 2.62 bits per heavy atom. The summed E-state index contributed by atoms with van der Waals surface area (Å²) in [6, 6.07) is 13.9. The Balaban J connectivity index is 1.97. The molecule has 4 heteroatoms. The van der Waals surface area contributed by atoms with E-state index in [1.807, 2.05) is 30.3 Å². The zero-order valence-electron chi connectivity index (χ0n) is 11.9. The fraction of sp³-hybridized carbons (Fsp3) is 0.235. The molecular weight excluding hydrogens is 267 g/mol. The van der Waals surface area contributed by atoms with Crippen LogP contribution >= 0.6 is 0 Å². The van der Waals surface area contributed by atoms with Gasteiger partial charge in [-0.15, -0.1) is 0 Å². The van der Waals surface area contributed by atoms with Gasteiger partial charge in [0.25, 0.3) is 0 Å². The van der Waals surface area contributed by atoms with Crippen molar-refractivity contribution in [3.05, 3.63) is 59.4 Å². The summed E-state index contributed by atoms with van der Waals surface area (Å²) in [5.41, 5.74) is 1.98. The highest BCUT2D eigenvalue weighted by molar-refractivity contribution is 5.47. The molecule has 0 spiro atoms. The lowest BCUT2D eigenvalue weighted by atomic mass is 10.1. The van der Waals surface area contributed by atoms with E-state index in [1.165, 1.54) is 12.1 Å². The number of nitrogens with zero attached hydrogens (tertiary/aromatic N) is 1. The van der Waals surface area contributed by atoms with Crippen LogP contribution in [0.3, 0.4) is 0 Å². The molecule has 0 radical (unpaired) electrons. The van der Waals surface area contributed by atoms with Crippen molar-refractivity contribution in [3.8, 4) is 11.8 Å². The molecule has 0 fully saturated rings. The van der Waals surface area contributed by atoms with E-state index in [4.69, 9.17) is 10.00 Å². The fourth-order valence-corrected chi connectivity index (χ4v) is 1.91. The molecule has 0 aliphatic carbocycles. The van der Waals surface area contributed by atoms with Crippen LogP contribution in [-0.2, 0) is 6.54 Å². The number of hydrogen-bond acceptors (Lipinski definition) is 3. The lowest BCUT2D eigenvalue weighted by Gasteiger charge is -2.09. The summed E-state index contributed by atoms with van der Waals surface area (Å²) in [5.74, 6) is 0.439. The molecule has 0 saturated heterocycles. The number of hydrogen-bond donors (Lipinski definition) is 1. The number of benzene rings is 2. The van der Waals surface area contributed by atoms with Crippen molar-refractivity contribution in [1.82, 2.24) is 0 Å². The maximum atomic E-state index is 13.3. The van der Waals surface area contributed by atoms with Gasteiger partial charge >= 0.3 is 0 Å². The van der Waals surface area contributed by atoms with Crippen LogP contribution in [0.5, 0.6) is 5.75 Å². The average molecular weight is 284 g/mol. The molecule has 3 nitrogen and oxygen atoms in total. The van der Waals surface area contributed by atoms with Gasteiger partial charge in [-0.2, -0.15) is 5.26 Å². The van der Waals surface area contributed by atoms with Crippen LogP contribution in [0, 0.1) is 17.1 Å². The number of halogens is 1. The SMILES string of the molecule is CCCOc1ccc(NCc2cc(F)cc(C#N)c2)cc1. The molecule has 2 rings (SSSR count). The second kappa shape index (κ2) is 7.30. The zero-order valence-corrected chi connectivity index (χ0v) is 11.9. The smallest absolute Gasteiger partial charge is 0.124 e. The van der Waals surface area contributed by atoms with Crippen LogP contribution in [0.15, 0.2) is 42.5 Å². The van der Waals surface area contributed by atoms with Gasteiger partial charge in [-0.25, -0.2) is 4.39 Å². The number of rotatable bonds is 6. The highest BCUT2D eigenvalue weighted by atomic mass is 19.1. The molecule has 0 bridgehead atoms. The Hall–Kier alpha value is -2.54. The van der Waals surface area contributed by atoms with Crippen LogP contribution in [0.1, 0.15) is 24.5 Å². The van der Waals surface area contributed by atoms with E-state index in [9.17, 15) is 4.39 Å². The van der Waals surface area contributed by atoms with Crippen molar-refractivity contribution in [2.45, 2.75) is 19.9 Å². The van der Waals surface area contributed by atoms with Crippen molar-refractivity contribution in [3.63, 3.8) is 0 Å². The summed E-state index contributed by atoms with van der Waals surface area (Å²) in [6.45, 7) is 3.22. The molecule has 0 saturated carbocycles. The minimum Gasteiger partial charge on any atom is -0.494 e. The number of nitriles is 1. The van der Waals surface area contributed by atoms with Gasteiger partial charge < -0.3 is 10.1 Å². The second-order valence-corrected chi connectivity index (χ2v) is 4.69. The van der Waals surface area contributed by atoms with Gasteiger partial charge in [0, 0.05) is 12.2 Å². The van der Waals surface area contributed by atoms with Crippen LogP contribution in [0.25, 0.3) is 0 Å². The van der Waals surface area contributed by atoms with Gasteiger partial charge in [0.15, 0.2) is 0 Å². The van der Waals surface area contributed by atoms with Gasteiger partial charge in [0.05, 0.1) is 18.2 Å². The minimum absolute atomic E-state index is 0.329. The molecule has 0 amide bonds. The molecular formula is C17H17FN2O. The van der Waals surface area contributed by atoms with Gasteiger partial charge in [-0.05, 0) is 54.4 Å². The third kappa shape index (κ3) is 4.50. The van der Waals surface area contributed by atoms with E-state index in [0.717, 1.165) is 23.4 Å². The maximum Gasteiger partial charge on any atom is 0.124 e. The first-order valence-corrected chi connectivity index (χ1v) is 6.87. The molecule has 21 heavy (non-hydrogen) atoms. The van der Waals surface area contributed by atoms with Crippen LogP contribution in [0.2, 0.25) is 0 Å². The van der Waals surface area contributed by atoms with Gasteiger partial charge in [0.2, 0.25) is 0 Å². The Morgan fingerprint density at radius 1 is 1.19 bits per heavy atom. The first-order valence-electron chi connectivity index (χ1n) is 6.87. The minimum atomic E-state index is -0.394. The van der Waals surface area contributed by atoms with Crippen molar-refractivity contribution in [2.75, 3.05) is 11.9 Å². The van der Waals surface area contributed by atoms with Crippen molar-refractivity contribution < 1.29 is 9.13 Å². The van der Waals surface area contributed by atoms with Crippen LogP contribution < -0.4 is 10.1 Å². The third-order valence-electron chi connectivity index (χ3n) is 2.91. The molecule has 0 aliphatic heterocycles. The predicted octanol–water partition coefficient (Wildman–Crippen LogP) is 4.10. The van der Waals surface area contributed by atoms with Crippen molar-refractivity contribution in [2.24, 2.45) is 0 Å². The number of anilines is 1. The Labute approximate surface area is 124 Å². The van der Waals surface area contributed by atoms with Gasteiger partial charge in [0.1, 0.15) is 11.6 Å². The largest absolute Gasteiger partial charge is 0.494 e. The highest BCUT2D eigenvalue weighted by Gasteiger charge is 2.01.